The van der Waals surface area contributed by atoms with Gasteiger partial charge in [-0.05, 0) is 62.4 Å². The zero-order chi connectivity index (χ0) is 22.4. The van der Waals surface area contributed by atoms with Crippen LogP contribution in [-0.2, 0) is 6.42 Å². The first-order chi connectivity index (χ1) is 14.9. The molecule has 1 atom stereocenters. The normalized spacial score (nSPS) is 16.1. The van der Waals surface area contributed by atoms with E-state index in [0.29, 0.717) is 29.3 Å². The summed E-state index contributed by atoms with van der Waals surface area (Å²) in [7, 11) is 3.12. The third kappa shape index (κ3) is 5.68. The molecule has 1 fully saturated rings. The van der Waals surface area contributed by atoms with Crippen molar-refractivity contribution in [2.75, 3.05) is 39.6 Å². The van der Waals surface area contributed by atoms with Gasteiger partial charge < -0.3 is 30.9 Å². The number of aliphatic hydroxyl groups excluding tert-OH is 1. The number of methoxy groups -OCH3 is 2. The molecule has 1 amide bonds. The van der Waals surface area contributed by atoms with Crippen molar-refractivity contribution in [1.82, 2.24) is 4.90 Å². The number of nitrogens with zero attached hydrogens (tertiary/aromatic N) is 1. The van der Waals surface area contributed by atoms with Crippen molar-refractivity contribution < 1.29 is 19.4 Å². The average molecular weight is 428 g/mol. The highest BCUT2D eigenvalue weighted by molar-refractivity contribution is 5.96. The molecule has 0 aromatic heterocycles. The lowest BCUT2D eigenvalue weighted by Crippen LogP contribution is -2.35. The predicted octanol–water partition coefficient (Wildman–Crippen LogP) is 2.76. The molecule has 2 aromatic rings. The van der Waals surface area contributed by atoms with Gasteiger partial charge in [-0.1, -0.05) is 18.2 Å². The van der Waals surface area contributed by atoms with Crippen LogP contribution in [0.3, 0.4) is 0 Å². The molecule has 1 unspecified atom stereocenters. The van der Waals surface area contributed by atoms with Gasteiger partial charge in [0.25, 0.3) is 5.91 Å². The molecule has 0 radical (unpaired) electrons. The fraction of sp³-hybridized carbons (Fsp3) is 0.458. The summed E-state index contributed by atoms with van der Waals surface area (Å²) in [6.45, 7) is 2.78. The average Bonchev–Trinajstić information content (AvgIpc) is 2.79. The second kappa shape index (κ2) is 10.5. The smallest absolute Gasteiger partial charge is 0.252 e. The minimum atomic E-state index is -0.541. The highest BCUT2D eigenvalue weighted by Gasteiger charge is 2.23. The van der Waals surface area contributed by atoms with E-state index in [0.717, 1.165) is 55.8 Å². The molecule has 2 aromatic carbocycles. The lowest BCUT2D eigenvalue weighted by atomic mass is 9.88. The number of nitrogens with two attached hydrogens (primary N) is 2. The Bertz CT molecular complexity index is 894. The van der Waals surface area contributed by atoms with Gasteiger partial charge in [-0.15, -0.1) is 0 Å². The third-order valence-electron chi connectivity index (χ3n) is 6.16. The Morgan fingerprint density at radius 3 is 2.48 bits per heavy atom. The molecule has 5 N–H and O–H groups in total. The fourth-order valence-corrected chi connectivity index (χ4v) is 4.31. The monoisotopic (exact) mass is 427 g/mol. The second-order valence-corrected chi connectivity index (χ2v) is 8.15. The Morgan fingerprint density at radius 2 is 1.84 bits per heavy atom. The zero-order valence-electron chi connectivity index (χ0n) is 18.3. The van der Waals surface area contributed by atoms with E-state index in [1.807, 2.05) is 24.3 Å². The summed E-state index contributed by atoms with van der Waals surface area (Å²) >= 11 is 0. The molecule has 168 valence electrons. The maximum absolute atomic E-state index is 11.7. The van der Waals surface area contributed by atoms with E-state index < -0.39 is 12.0 Å². The molecule has 1 saturated heterocycles. The van der Waals surface area contributed by atoms with E-state index in [1.165, 1.54) is 7.11 Å². The van der Waals surface area contributed by atoms with Crippen LogP contribution in [0.2, 0.25) is 0 Å². The number of rotatable bonds is 9. The number of nitrogen functional groups attached to an aromatic ring is 1. The molecule has 1 heterocycles. The third-order valence-corrected chi connectivity index (χ3v) is 6.16. The summed E-state index contributed by atoms with van der Waals surface area (Å²) in [5.74, 6) is 1.12. The van der Waals surface area contributed by atoms with Crippen LogP contribution in [0.5, 0.6) is 11.5 Å². The van der Waals surface area contributed by atoms with Crippen LogP contribution in [0.1, 0.15) is 46.9 Å². The molecule has 0 aliphatic carbocycles. The molecule has 1 aliphatic heterocycles. The van der Waals surface area contributed by atoms with Gasteiger partial charge in [-0.2, -0.15) is 0 Å². The van der Waals surface area contributed by atoms with Crippen LogP contribution in [0.25, 0.3) is 0 Å². The van der Waals surface area contributed by atoms with Gasteiger partial charge in [-0.25, -0.2) is 0 Å². The first-order valence-corrected chi connectivity index (χ1v) is 10.7. The molecule has 31 heavy (non-hydrogen) atoms. The number of primary amides is 1. The number of piperidine rings is 1. The van der Waals surface area contributed by atoms with E-state index in [9.17, 15) is 9.90 Å². The van der Waals surface area contributed by atoms with Crippen molar-refractivity contribution >= 4 is 11.6 Å². The summed E-state index contributed by atoms with van der Waals surface area (Å²) in [5, 5.41) is 10.6. The fourth-order valence-electron chi connectivity index (χ4n) is 4.31. The minimum Gasteiger partial charge on any atom is -0.496 e. The summed E-state index contributed by atoms with van der Waals surface area (Å²) in [6, 6.07) is 11.1. The van der Waals surface area contributed by atoms with Crippen LogP contribution in [0.4, 0.5) is 5.69 Å². The van der Waals surface area contributed by atoms with E-state index in [-0.39, 0.29) is 0 Å². The van der Waals surface area contributed by atoms with Gasteiger partial charge in [0.05, 0.1) is 25.9 Å². The number of benzene rings is 2. The number of hydrogen-bond acceptors (Lipinski definition) is 6. The molecule has 1 aliphatic rings. The largest absolute Gasteiger partial charge is 0.496 e. The van der Waals surface area contributed by atoms with E-state index in [1.54, 1.807) is 19.2 Å². The maximum Gasteiger partial charge on any atom is 0.252 e. The zero-order valence-corrected chi connectivity index (χ0v) is 18.3. The maximum atomic E-state index is 11.7. The number of anilines is 1. The molecule has 7 nitrogen and oxygen atoms in total. The number of para-hydroxylation sites is 1. The van der Waals surface area contributed by atoms with Gasteiger partial charge in [0.2, 0.25) is 0 Å². The molecule has 0 saturated carbocycles. The van der Waals surface area contributed by atoms with Crippen molar-refractivity contribution in [3.8, 4) is 11.5 Å². The quantitative estimate of drug-likeness (QED) is 0.531. The van der Waals surface area contributed by atoms with E-state index in [2.05, 4.69) is 4.90 Å². The number of ether oxygens (including phenoxy) is 2. The second-order valence-electron chi connectivity index (χ2n) is 8.15. The lowest BCUT2D eigenvalue weighted by molar-refractivity contribution is 0.0997. The number of aliphatic hydroxyl groups is 1. The highest BCUT2D eigenvalue weighted by atomic mass is 16.5. The Morgan fingerprint density at radius 1 is 1.16 bits per heavy atom. The minimum absolute atomic E-state index is 0.370. The van der Waals surface area contributed by atoms with Crippen molar-refractivity contribution in [3.05, 3.63) is 53.1 Å². The lowest BCUT2D eigenvalue weighted by Gasteiger charge is -2.32. The van der Waals surface area contributed by atoms with E-state index in [4.69, 9.17) is 20.9 Å². The molecule has 0 bridgehead atoms. The molecule has 3 rings (SSSR count). The summed E-state index contributed by atoms with van der Waals surface area (Å²) in [5.41, 5.74) is 14.4. The Labute approximate surface area is 183 Å². The Balaban J connectivity index is 1.52. The highest BCUT2D eigenvalue weighted by Crippen LogP contribution is 2.31. The van der Waals surface area contributed by atoms with Gasteiger partial charge in [0, 0.05) is 23.9 Å². The van der Waals surface area contributed by atoms with Crippen LogP contribution in [0, 0.1) is 5.92 Å². The Kier molecular flexibility index (Phi) is 7.76. The molecular formula is C24H33N3O4. The van der Waals surface area contributed by atoms with Crippen molar-refractivity contribution in [3.63, 3.8) is 0 Å². The van der Waals surface area contributed by atoms with Gasteiger partial charge in [0.1, 0.15) is 11.5 Å². The molecule has 7 heteroatoms. The van der Waals surface area contributed by atoms with Crippen LogP contribution >= 0.6 is 0 Å². The van der Waals surface area contributed by atoms with Crippen LogP contribution in [-0.4, -0.2) is 49.8 Å². The van der Waals surface area contributed by atoms with Crippen molar-refractivity contribution in [2.24, 2.45) is 11.7 Å². The van der Waals surface area contributed by atoms with Crippen LogP contribution < -0.4 is 20.9 Å². The van der Waals surface area contributed by atoms with Crippen LogP contribution in [0.15, 0.2) is 36.4 Å². The van der Waals surface area contributed by atoms with Gasteiger partial charge >= 0.3 is 0 Å². The first-order valence-electron chi connectivity index (χ1n) is 10.7. The topological polar surface area (TPSA) is 111 Å². The number of likely N-dealkylation sites (tertiary alicyclic amines) is 1. The number of amides is 1. The van der Waals surface area contributed by atoms with Crippen molar-refractivity contribution in [2.45, 2.75) is 31.8 Å². The van der Waals surface area contributed by atoms with Gasteiger partial charge in [-0.3, -0.25) is 4.79 Å². The predicted molar refractivity (Wildman–Crippen MR) is 121 cm³/mol. The molecule has 0 spiro atoms. The number of hydrogen-bond donors (Lipinski definition) is 3. The summed E-state index contributed by atoms with van der Waals surface area (Å²) < 4.78 is 10.6. The molecular weight excluding hydrogens is 394 g/mol. The number of carbonyl (C=O) groups is 1. The van der Waals surface area contributed by atoms with E-state index >= 15 is 0 Å². The SMILES string of the molecule is COc1cc(N)c(CC2CCN(CCC(O)c3ccccc3OC)CC2)cc1C(N)=O. The first kappa shape index (κ1) is 22.9. The summed E-state index contributed by atoms with van der Waals surface area (Å²) in [6.07, 6.45) is 3.02. The Hall–Kier alpha value is -2.77. The summed E-state index contributed by atoms with van der Waals surface area (Å²) in [4.78, 5) is 14.1. The number of carbonyl (C=O) groups excluding carboxylic acids is 1. The van der Waals surface area contributed by atoms with Crippen molar-refractivity contribution in [1.29, 1.82) is 0 Å². The standard InChI is InChI=1S/C24H33N3O4/c1-30-22-6-4-3-5-18(22)21(28)9-12-27-10-7-16(8-11-27)13-17-14-19(24(26)29)23(31-2)15-20(17)25/h3-6,14-16,21,28H,7-13,25H2,1-2H3,(H2,26,29). The van der Waals surface area contributed by atoms with Gasteiger partial charge in [0.15, 0.2) is 0 Å².